The summed E-state index contributed by atoms with van der Waals surface area (Å²) in [5.74, 6) is 0. The molecule has 0 aromatic carbocycles. The van der Waals surface area contributed by atoms with Crippen molar-refractivity contribution in [1.82, 2.24) is 0 Å². The quantitative estimate of drug-likeness (QED) is 0.0396. The number of hydrogen-bond acceptors (Lipinski definition) is 5. The molecule has 0 aromatic rings. The van der Waals surface area contributed by atoms with Crippen molar-refractivity contribution in [2.45, 2.75) is 94.7 Å². The molecule has 0 aliphatic carbocycles. The lowest BCUT2D eigenvalue weighted by Crippen LogP contribution is -2.45. The molecule has 0 fully saturated rings. The molecule has 44 heavy (non-hydrogen) atoms. The van der Waals surface area contributed by atoms with Gasteiger partial charge in [0, 0.05) is 6.61 Å². The van der Waals surface area contributed by atoms with Crippen molar-refractivity contribution in [3.8, 4) is 0 Å². The summed E-state index contributed by atoms with van der Waals surface area (Å²) in [5.41, 5.74) is -0.0890. The van der Waals surface area contributed by atoms with Gasteiger partial charge in [-0.2, -0.15) is 48.3 Å². The first-order valence-electron chi connectivity index (χ1n) is 13.0. The molecule has 0 amide bonds. The Balaban J connectivity index is 4.57. The Kier molecular flexibility index (Phi) is 16.9. The predicted octanol–water partition coefficient (Wildman–Crippen LogP) is 9.61. The average molecular weight is 675 g/mol. The second-order valence-electron chi connectivity index (χ2n) is 9.80. The summed E-state index contributed by atoms with van der Waals surface area (Å²) in [5, 5.41) is 0. The third-order valence-electron chi connectivity index (χ3n) is 5.53. The van der Waals surface area contributed by atoms with Crippen LogP contribution in [0, 0.1) is 5.41 Å². The lowest BCUT2D eigenvalue weighted by molar-refractivity contribution is -0.519. The minimum absolute atomic E-state index is 0.0890. The fourth-order valence-electron chi connectivity index (χ4n) is 3.96. The molecule has 0 atom stereocenters. The minimum atomic E-state index is -5.74. The zero-order chi connectivity index (χ0) is 34.3. The number of allylic oxidation sites excluding steroid dienone is 3. The van der Waals surface area contributed by atoms with E-state index >= 15 is 0 Å². The molecular formula is C26H35F13O5. The van der Waals surface area contributed by atoms with Crippen LogP contribution in [-0.4, -0.2) is 63.3 Å². The van der Waals surface area contributed by atoms with E-state index in [1.165, 1.54) is 0 Å². The second kappa shape index (κ2) is 17.7. The van der Waals surface area contributed by atoms with Crippen molar-refractivity contribution < 1.29 is 80.8 Å². The predicted molar refractivity (Wildman–Crippen MR) is 130 cm³/mol. The van der Waals surface area contributed by atoms with Crippen LogP contribution >= 0.6 is 0 Å². The topological polar surface area (TPSA) is 46.2 Å². The molecule has 0 aliphatic rings. The fraction of sp³-hybridized carbons (Fsp3) is 0.769. The van der Waals surface area contributed by atoms with E-state index in [1.54, 1.807) is 18.2 Å². The van der Waals surface area contributed by atoms with Gasteiger partial charge in [0.1, 0.15) is 26.2 Å². The number of halogens is 13. The molecule has 0 radical (unpaired) electrons. The van der Waals surface area contributed by atoms with Gasteiger partial charge in [0.25, 0.3) is 0 Å². The second-order valence-corrected chi connectivity index (χ2v) is 9.80. The minimum Gasteiger partial charge on any atom is -0.372 e. The maximum atomic E-state index is 13.7. The van der Waals surface area contributed by atoms with Gasteiger partial charge in [0.2, 0.25) is 0 Å². The van der Waals surface area contributed by atoms with Crippen LogP contribution < -0.4 is 0 Å². The maximum Gasteiger partial charge on any atom is 0.495 e. The van der Waals surface area contributed by atoms with Crippen LogP contribution in [0.15, 0.2) is 38.0 Å². The Morgan fingerprint density at radius 2 is 0.886 bits per heavy atom. The molecular weight excluding hydrogens is 639 g/mol. The summed E-state index contributed by atoms with van der Waals surface area (Å²) >= 11 is 0. The molecule has 0 spiro atoms. The van der Waals surface area contributed by atoms with Gasteiger partial charge >= 0.3 is 36.9 Å². The highest BCUT2D eigenvalue weighted by atomic mass is 19.4. The highest BCUT2D eigenvalue weighted by molar-refractivity contribution is 4.95. The molecule has 0 rings (SSSR count). The molecule has 0 saturated carbocycles. The SMILES string of the molecule is C=CCC(CC=C)(CC=C)CCCCCCOCC(F)(F)OC(F)(F)OC(F)(F)COCC(F)(F)OC(F)(F)CC(F)(F)F. The zero-order valence-corrected chi connectivity index (χ0v) is 23.5. The van der Waals surface area contributed by atoms with Crippen LogP contribution in [0.2, 0.25) is 0 Å². The Morgan fingerprint density at radius 3 is 1.32 bits per heavy atom. The van der Waals surface area contributed by atoms with Gasteiger partial charge in [0.05, 0.1) is 0 Å². The summed E-state index contributed by atoms with van der Waals surface area (Å²) in [6, 6.07) is 0. The largest absolute Gasteiger partial charge is 0.495 e. The highest BCUT2D eigenvalue weighted by Gasteiger charge is 2.54. The molecule has 0 aromatic heterocycles. The van der Waals surface area contributed by atoms with Crippen LogP contribution in [0.5, 0.6) is 0 Å². The third-order valence-corrected chi connectivity index (χ3v) is 5.53. The molecule has 0 heterocycles. The van der Waals surface area contributed by atoms with Gasteiger partial charge in [-0.25, -0.2) is 9.47 Å². The van der Waals surface area contributed by atoms with Crippen molar-refractivity contribution in [3.05, 3.63) is 38.0 Å². The van der Waals surface area contributed by atoms with Gasteiger partial charge < -0.3 is 9.47 Å². The molecule has 0 N–H and O–H groups in total. The van der Waals surface area contributed by atoms with E-state index in [-0.39, 0.29) is 18.4 Å². The maximum absolute atomic E-state index is 13.7. The first-order valence-corrected chi connectivity index (χ1v) is 13.0. The standard InChI is InChI=1S/C26H35F13O5/c1-4-11-20(12-5-2,13-6-3)14-9-7-8-10-15-40-17-24(34,35)43-26(38,39)44-25(36,37)19-41-18-23(32,33)42-22(30,31)16-21(27,28)29/h4-6H,1-3,7-19H2. The van der Waals surface area contributed by atoms with Crippen molar-refractivity contribution in [3.63, 3.8) is 0 Å². The van der Waals surface area contributed by atoms with Crippen molar-refractivity contribution in [1.29, 1.82) is 0 Å². The Labute approximate surface area is 246 Å². The molecule has 260 valence electrons. The van der Waals surface area contributed by atoms with Crippen molar-refractivity contribution in [2.75, 3.05) is 26.4 Å². The number of hydrogen-bond donors (Lipinski definition) is 0. The Bertz CT molecular complexity index is 837. The smallest absolute Gasteiger partial charge is 0.372 e. The van der Waals surface area contributed by atoms with E-state index in [1.807, 2.05) is 0 Å². The third kappa shape index (κ3) is 20.2. The Hall–Kier alpha value is -1.89. The average Bonchev–Trinajstić information content (AvgIpc) is 2.76. The summed E-state index contributed by atoms with van der Waals surface area (Å²) in [6.45, 7) is 3.98. The van der Waals surface area contributed by atoms with Gasteiger partial charge in [-0.05, 0) is 37.5 Å². The van der Waals surface area contributed by atoms with Crippen LogP contribution in [-0.2, 0) is 23.7 Å². The highest BCUT2D eigenvalue weighted by Crippen LogP contribution is 2.39. The van der Waals surface area contributed by atoms with E-state index in [0.29, 0.717) is 12.8 Å². The molecule has 5 nitrogen and oxygen atoms in total. The molecule has 18 heteroatoms. The summed E-state index contributed by atoms with van der Waals surface area (Å²) < 4.78 is 186. The van der Waals surface area contributed by atoms with Crippen molar-refractivity contribution >= 4 is 0 Å². The number of unbranched alkanes of at least 4 members (excludes halogenated alkanes) is 3. The lowest BCUT2D eigenvalue weighted by Gasteiger charge is -2.31. The van der Waals surface area contributed by atoms with E-state index in [0.717, 1.165) is 32.1 Å². The Morgan fingerprint density at radius 1 is 0.477 bits per heavy atom. The van der Waals surface area contributed by atoms with Crippen molar-refractivity contribution in [2.24, 2.45) is 5.41 Å². The first kappa shape index (κ1) is 42.1. The van der Waals surface area contributed by atoms with E-state index in [9.17, 15) is 57.1 Å². The lowest BCUT2D eigenvalue weighted by atomic mass is 9.74. The van der Waals surface area contributed by atoms with E-state index in [2.05, 4.69) is 43.4 Å². The number of ether oxygens (including phenoxy) is 5. The summed E-state index contributed by atoms with van der Waals surface area (Å²) in [6.07, 6.45) is -25.0. The normalized spacial score (nSPS) is 14.1. The van der Waals surface area contributed by atoms with E-state index in [4.69, 9.17) is 0 Å². The first-order chi connectivity index (χ1) is 19.9. The van der Waals surface area contributed by atoms with E-state index < -0.39 is 63.1 Å². The molecule has 0 aliphatic heterocycles. The molecule has 0 bridgehead atoms. The molecule has 0 unspecified atom stereocenters. The zero-order valence-electron chi connectivity index (χ0n) is 23.5. The summed E-state index contributed by atoms with van der Waals surface area (Å²) in [7, 11) is 0. The molecule has 0 saturated heterocycles. The number of alkyl halides is 13. The summed E-state index contributed by atoms with van der Waals surface area (Å²) in [4.78, 5) is 0. The number of rotatable bonds is 26. The van der Waals surface area contributed by atoms with Gasteiger partial charge in [-0.15, -0.1) is 28.5 Å². The van der Waals surface area contributed by atoms with Crippen LogP contribution in [0.4, 0.5) is 57.1 Å². The van der Waals surface area contributed by atoms with Crippen LogP contribution in [0.3, 0.4) is 0 Å². The van der Waals surface area contributed by atoms with Crippen LogP contribution in [0.1, 0.15) is 57.8 Å². The van der Waals surface area contributed by atoms with Gasteiger partial charge in [-0.1, -0.05) is 37.5 Å². The monoisotopic (exact) mass is 674 g/mol. The van der Waals surface area contributed by atoms with Gasteiger partial charge in [0.15, 0.2) is 0 Å². The van der Waals surface area contributed by atoms with Gasteiger partial charge in [-0.3, -0.25) is 4.74 Å². The van der Waals surface area contributed by atoms with Crippen LogP contribution in [0.25, 0.3) is 0 Å². The fourth-order valence-corrected chi connectivity index (χ4v) is 3.96.